The first kappa shape index (κ1) is 34.8. The van der Waals surface area contributed by atoms with Crippen LogP contribution in [-0.2, 0) is 22.0 Å². The third-order valence-electron chi connectivity index (χ3n) is 9.81. The average Bonchev–Trinajstić information content (AvgIpc) is 3.62. The van der Waals surface area contributed by atoms with Crippen LogP contribution >= 0.6 is 0 Å². The third kappa shape index (κ3) is 7.56. The second-order valence-electron chi connectivity index (χ2n) is 14.5. The van der Waals surface area contributed by atoms with Crippen LogP contribution in [-0.4, -0.2) is 25.7 Å². The molecule has 1 aliphatic carbocycles. The van der Waals surface area contributed by atoms with E-state index in [1.807, 2.05) is 36.4 Å². The topological polar surface area (TPSA) is 67.5 Å². The summed E-state index contributed by atoms with van der Waals surface area (Å²) in [5.74, 6) is 1.33. The maximum Gasteiger partial charge on any atom is 0.285 e. The second kappa shape index (κ2) is 15.3. The fourth-order valence-electron chi connectivity index (χ4n) is 7.41. The van der Waals surface area contributed by atoms with E-state index < -0.39 is 14.8 Å². The van der Waals surface area contributed by atoms with Crippen molar-refractivity contribution in [2.75, 3.05) is 6.61 Å². The molecule has 2 atom stereocenters. The maximum atomic E-state index is 10.2. The van der Waals surface area contributed by atoms with Gasteiger partial charge in [-0.25, -0.2) is 4.98 Å². The summed E-state index contributed by atoms with van der Waals surface area (Å²) in [7, 11) is -1.74. The zero-order valence-corrected chi connectivity index (χ0v) is 30.8. The number of hydrogen-bond donors (Lipinski definition) is 2. The molecule has 259 valence electrons. The maximum absolute atomic E-state index is 10.2. The highest BCUT2D eigenvalue weighted by Crippen LogP contribution is 2.44. The molecule has 6 aromatic rings. The van der Waals surface area contributed by atoms with E-state index in [0.29, 0.717) is 18.7 Å². The van der Waals surface area contributed by atoms with Gasteiger partial charge in [0.1, 0.15) is 11.4 Å². The Morgan fingerprint density at radius 1 is 0.784 bits per heavy atom. The van der Waals surface area contributed by atoms with E-state index in [-0.39, 0.29) is 18.1 Å². The number of oxazole rings is 1. The normalized spacial score (nSPS) is 16.6. The van der Waals surface area contributed by atoms with Gasteiger partial charge in [-0.15, -0.1) is 0 Å². The van der Waals surface area contributed by atoms with Crippen LogP contribution in [0.3, 0.4) is 0 Å². The summed E-state index contributed by atoms with van der Waals surface area (Å²) in [5.41, 5.74) is 5.78. The molecule has 2 N–H and O–H groups in total. The number of nitrogens with one attached hydrogen (secondary N) is 1. The molecule has 0 bridgehead atoms. The van der Waals surface area contributed by atoms with Crippen molar-refractivity contribution in [1.29, 1.82) is 0 Å². The standard InChI is InChI=1S/C45H47N2O3Si/c1-44(2,3)38-28-16-29-39-37(38)27-17-31-45(39,50-51(35-23-12-6-13-24-35)36-25-14-7-15-26-36)47-40(30-18-32-48)43-46-41(33-19-8-4-9-20-33)42(49-43)34-21-10-5-11-22-34/h4-16,19-26,28-29,40,47-48H,17-18,27,30-32H2,1-3H3/t40-,45-/m1/s1. The van der Waals surface area contributed by atoms with Gasteiger partial charge in [0.25, 0.3) is 9.04 Å². The number of nitrogens with zero attached hydrogens (tertiary/aromatic N) is 1. The van der Waals surface area contributed by atoms with Gasteiger partial charge >= 0.3 is 0 Å². The highest BCUT2D eigenvalue weighted by molar-refractivity contribution is 6.80. The Hall–Kier alpha value is -4.59. The predicted molar refractivity (Wildman–Crippen MR) is 208 cm³/mol. The molecule has 0 aliphatic heterocycles. The zero-order chi connectivity index (χ0) is 35.3. The average molecular weight is 692 g/mol. The van der Waals surface area contributed by atoms with Crippen molar-refractivity contribution in [3.63, 3.8) is 0 Å². The number of aliphatic hydroxyl groups excluding tert-OH is 1. The smallest absolute Gasteiger partial charge is 0.285 e. The van der Waals surface area contributed by atoms with Crippen LogP contribution in [0.15, 0.2) is 144 Å². The van der Waals surface area contributed by atoms with Crippen LogP contribution in [0.4, 0.5) is 0 Å². The largest absolute Gasteiger partial charge is 0.438 e. The van der Waals surface area contributed by atoms with Gasteiger partial charge in [-0.05, 0) is 59.0 Å². The molecule has 5 nitrogen and oxygen atoms in total. The van der Waals surface area contributed by atoms with Crippen molar-refractivity contribution in [3.05, 3.63) is 162 Å². The van der Waals surface area contributed by atoms with Gasteiger partial charge in [-0.3, -0.25) is 5.32 Å². The number of fused-ring (bicyclic) bond motifs is 1. The molecule has 0 spiro atoms. The minimum absolute atomic E-state index is 0.0326. The second-order valence-corrected chi connectivity index (χ2v) is 16.5. The van der Waals surface area contributed by atoms with Gasteiger partial charge < -0.3 is 13.9 Å². The Labute approximate surface area is 304 Å². The van der Waals surface area contributed by atoms with Crippen molar-refractivity contribution < 1.29 is 13.9 Å². The quantitative estimate of drug-likeness (QED) is 0.0993. The van der Waals surface area contributed by atoms with Gasteiger partial charge in [-0.2, -0.15) is 0 Å². The Morgan fingerprint density at radius 3 is 1.96 bits per heavy atom. The minimum Gasteiger partial charge on any atom is -0.438 e. The zero-order valence-electron chi connectivity index (χ0n) is 29.8. The lowest BCUT2D eigenvalue weighted by Crippen LogP contribution is -2.57. The van der Waals surface area contributed by atoms with E-state index in [2.05, 4.69) is 129 Å². The first-order valence-electron chi connectivity index (χ1n) is 18.2. The van der Waals surface area contributed by atoms with Crippen molar-refractivity contribution in [2.45, 2.75) is 70.1 Å². The lowest BCUT2D eigenvalue weighted by Gasteiger charge is -2.45. The van der Waals surface area contributed by atoms with E-state index >= 15 is 0 Å². The summed E-state index contributed by atoms with van der Waals surface area (Å²) in [6, 6.07) is 48.2. The molecule has 1 aliphatic rings. The lowest BCUT2D eigenvalue weighted by molar-refractivity contribution is -0.00539. The van der Waals surface area contributed by atoms with Crippen LogP contribution in [0, 0.1) is 0 Å². The molecular weight excluding hydrogens is 645 g/mol. The molecular formula is C45H47N2O3Si. The summed E-state index contributed by atoms with van der Waals surface area (Å²) in [4.78, 5) is 5.26. The summed E-state index contributed by atoms with van der Waals surface area (Å²) in [5, 5.41) is 16.7. The number of aromatic nitrogens is 1. The molecule has 6 heteroatoms. The van der Waals surface area contributed by atoms with Crippen molar-refractivity contribution in [1.82, 2.24) is 10.3 Å². The van der Waals surface area contributed by atoms with Crippen LogP contribution in [0.1, 0.15) is 75.1 Å². The Balaban J connectivity index is 1.40. The molecule has 51 heavy (non-hydrogen) atoms. The molecule has 1 heterocycles. The van der Waals surface area contributed by atoms with E-state index in [0.717, 1.165) is 41.8 Å². The van der Waals surface area contributed by atoms with Crippen LogP contribution in [0.5, 0.6) is 0 Å². The van der Waals surface area contributed by atoms with Gasteiger partial charge in [0.2, 0.25) is 5.89 Å². The summed E-state index contributed by atoms with van der Waals surface area (Å²) in [6.07, 6.45) is 3.95. The molecule has 0 fully saturated rings. The van der Waals surface area contributed by atoms with E-state index in [1.165, 1.54) is 27.1 Å². The van der Waals surface area contributed by atoms with Crippen LogP contribution in [0.25, 0.3) is 22.6 Å². The summed E-state index contributed by atoms with van der Waals surface area (Å²) >= 11 is 0. The summed E-state index contributed by atoms with van der Waals surface area (Å²) in [6.45, 7) is 6.95. The molecule has 0 amide bonds. The van der Waals surface area contributed by atoms with E-state index in [1.54, 1.807) is 0 Å². The molecule has 0 saturated heterocycles. The predicted octanol–water partition coefficient (Wildman–Crippen LogP) is 8.72. The molecule has 0 unspecified atom stereocenters. The minimum atomic E-state index is -1.74. The third-order valence-corrected chi connectivity index (χ3v) is 12.1. The van der Waals surface area contributed by atoms with E-state index in [4.69, 9.17) is 13.8 Å². The van der Waals surface area contributed by atoms with Crippen LogP contribution < -0.4 is 15.7 Å². The van der Waals surface area contributed by atoms with Crippen molar-refractivity contribution in [3.8, 4) is 22.6 Å². The van der Waals surface area contributed by atoms with Gasteiger partial charge in [0, 0.05) is 23.3 Å². The molecule has 5 aromatic carbocycles. The number of hydrogen-bond acceptors (Lipinski definition) is 5. The Kier molecular flexibility index (Phi) is 10.5. The van der Waals surface area contributed by atoms with Gasteiger partial charge in [-0.1, -0.05) is 160 Å². The number of rotatable bonds is 12. The SMILES string of the molecule is CC(C)(C)c1cccc2c1CCC[C@@]2(N[C@H](CCCO)c1nc(-c2ccccc2)c(-c2ccccc2)o1)O[Si](c1ccccc1)c1ccccc1. The molecule has 1 aromatic heterocycles. The molecule has 7 rings (SSSR count). The summed E-state index contributed by atoms with van der Waals surface area (Å²) < 4.78 is 14.6. The van der Waals surface area contributed by atoms with Gasteiger partial charge in [0.05, 0.1) is 6.04 Å². The van der Waals surface area contributed by atoms with Crippen molar-refractivity contribution in [2.24, 2.45) is 0 Å². The van der Waals surface area contributed by atoms with E-state index in [9.17, 15) is 5.11 Å². The number of aliphatic hydroxyl groups is 1. The number of benzene rings is 5. The first-order valence-corrected chi connectivity index (χ1v) is 19.6. The fraction of sp³-hybridized carbons (Fsp3) is 0.267. The van der Waals surface area contributed by atoms with Crippen molar-refractivity contribution >= 4 is 19.4 Å². The highest BCUT2D eigenvalue weighted by atomic mass is 28.3. The Bertz CT molecular complexity index is 1910. The Morgan fingerprint density at radius 2 is 1.37 bits per heavy atom. The molecule has 1 radical (unpaired) electrons. The first-order chi connectivity index (χ1) is 24.9. The molecule has 0 saturated carbocycles. The van der Waals surface area contributed by atoms with Crippen LogP contribution in [0.2, 0.25) is 0 Å². The fourth-order valence-corrected chi connectivity index (χ4v) is 9.58. The highest BCUT2D eigenvalue weighted by Gasteiger charge is 2.44. The van der Waals surface area contributed by atoms with Gasteiger partial charge in [0.15, 0.2) is 5.76 Å². The lowest BCUT2D eigenvalue weighted by atomic mass is 9.75. The monoisotopic (exact) mass is 691 g/mol.